The highest BCUT2D eigenvalue weighted by Crippen LogP contribution is 2.35. The van der Waals surface area contributed by atoms with Crippen LogP contribution >= 0.6 is 8.25 Å². The number of carbonyl (C=O) groups excluding carboxylic acids is 2. The third kappa shape index (κ3) is 8.75. The van der Waals surface area contributed by atoms with Crippen molar-refractivity contribution in [2.24, 2.45) is 0 Å². The molecule has 30 heavy (non-hydrogen) atoms. The molecule has 0 aromatic carbocycles. The highest BCUT2D eigenvalue weighted by Gasteiger charge is 2.24. The summed E-state index contributed by atoms with van der Waals surface area (Å²) in [5.41, 5.74) is 2.44. The summed E-state index contributed by atoms with van der Waals surface area (Å²) in [6.07, 6.45) is 1.00. The minimum Gasteiger partial charge on any atom is -0.463 e. The van der Waals surface area contributed by atoms with E-state index in [-0.39, 0.29) is 25.2 Å². The number of esters is 2. The summed E-state index contributed by atoms with van der Waals surface area (Å²) < 4.78 is 34.3. The largest absolute Gasteiger partial charge is 0.463 e. The fourth-order valence-corrected chi connectivity index (χ4v) is 4.42. The maximum Gasteiger partial charge on any atom is 0.334 e. The number of hydrogen-bond donors (Lipinski definition) is 0. The van der Waals surface area contributed by atoms with E-state index in [9.17, 15) is 14.2 Å². The van der Waals surface area contributed by atoms with Gasteiger partial charge in [0.1, 0.15) is 0 Å². The van der Waals surface area contributed by atoms with Crippen LogP contribution in [0.1, 0.15) is 81.1 Å². The molecule has 2 atom stereocenters. The van der Waals surface area contributed by atoms with E-state index in [1.807, 2.05) is 27.7 Å². The van der Waals surface area contributed by atoms with Crippen LogP contribution in [0.2, 0.25) is 0 Å². The number of carbonyl (C=O) groups is 2. The lowest BCUT2D eigenvalue weighted by Crippen LogP contribution is -2.19. The second-order valence-electron chi connectivity index (χ2n) is 6.75. The Balaban J connectivity index is 5.50. The van der Waals surface area contributed by atoms with Crippen LogP contribution in [0.3, 0.4) is 0 Å². The van der Waals surface area contributed by atoms with Crippen LogP contribution in [-0.4, -0.2) is 37.4 Å². The molecular weight excluding hydrogens is 407 g/mol. The van der Waals surface area contributed by atoms with Crippen LogP contribution in [0.5, 0.6) is 0 Å². The predicted molar refractivity (Wildman–Crippen MR) is 119 cm³/mol. The summed E-state index contributed by atoms with van der Waals surface area (Å²) >= 11 is 0. The molecule has 0 aromatic heterocycles. The first-order valence-electron chi connectivity index (χ1n) is 10.8. The van der Waals surface area contributed by atoms with Gasteiger partial charge in [-0.1, -0.05) is 27.7 Å². The lowest BCUT2D eigenvalue weighted by Gasteiger charge is -2.23. The van der Waals surface area contributed by atoms with Crippen molar-refractivity contribution < 1.29 is 32.7 Å². The lowest BCUT2D eigenvalue weighted by molar-refractivity contribution is -0.139. The van der Waals surface area contributed by atoms with E-state index in [1.54, 1.807) is 27.7 Å². The molecule has 0 aliphatic heterocycles. The van der Waals surface area contributed by atoms with Crippen molar-refractivity contribution in [3.63, 3.8) is 0 Å². The lowest BCUT2D eigenvalue weighted by atomic mass is 10.0. The zero-order valence-corrected chi connectivity index (χ0v) is 20.8. The van der Waals surface area contributed by atoms with Gasteiger partial charge in [0, 0.05) is 11.1 Å². The molecule has 7 nitrogen and oxygen atoms in total. The van der Waals surface area contributed by atoms with E-state index in [4.69, 9.17) is 18.5 Å². The second kappa shape index (κ2) is 15.4. The van der Waals surface area contributed by atoms with Gasteiger partial charge in [0.15, 0.2) is 0 Å². The average molecular weight is 447 g/mol. The van der Waals surface area contributed by atoms with Gasteiger partial charge in [0.25, 0.3) is 0 Å². The van der Waals surface area contributed by atoms with E-state index in [1.165, 1.54) is 0 Å². The third-order valence-electron chi connectivity index (χ3n) is 4.89. The number of ether oxygens (including phenoxy) is 2. The first-order chi connectivity index (χ1) is 14.2. The summed E-state index contributed by atoms with van der Waals surface area (Å²) in [6, 6.07) is 0. The molecule has 0 rings (SSSR count). The molecule has 2 unspecified atom stereocenters. The second-order valence-corrected chi connectivity index (χ2v) is 7.72. The molecule has 0 amide bonds. The number of rotatable bonds is 14. The molecule has 0 bridgehead atoms. The van der Waals surface area contributed by atoms with Gasteiger partial charge in [-0.25, -0.2) is 9.59 Å². The molecule has 0 aromatic rings. The van der Waals surface area contributed by atoms with Gasteiger partial charge in [-0.15, -0.1) is 0 Å². The maximum atomic E-state index is 12.7. The summed E-state index contributed by atoms with van der Waals surface area (Å²) in [7, 11) is -2.88. The fourth-order valence-electron chi connectivity index (χ4n) is 3.21. The first-order valence-corrected chi connectivity index (χ1v) is 12.0. The van der Waals surface area contributed by atoms with Gasteiger partial charge >= 0.3 is 20.2 Å². The van der Waals surface area contributed by atoms with Crippen molar-refractivity contribution in [1.29, 1.82) is 0 Å². The average Bonchev–Trinajstić information content (AvgIpc) is 2.71. The standard InChI is InChI=1S/C22H39O7P/c1-9-17(21(23)26-13-5)15(7)19(11-3)28-30(25)29-20(12-4)16(8)18(10-2)22(24)27-14-6/h19-20,30H,9-14H2,1-8H3. The molecule has 0 spiro atoms. The Labute approximate surface area is 182 Å². The summed E-state index contributed by atoms with van der Waals surface area (Å²) in [5, 5.41) is 0. The van der Waals surface area contributed by atoms with Crippen molar-refractivity contribution >= 4 is 20.2 Å². The van der Waals surface area contributed by atoms with Crippen LogP contribution in [0, 0.1) is 0 Å². The van der Waals surface area contributed by atoms with E-state index in [2.05, 4.69) is 0 Å². The normalized spacial score (nSPS) is 16.1. The Hall–Kier alpha value is -1.43. The van der Waals surface area contributed by atoms with E-state index in [0.717, 1.165) is 0 Å². The molecule has 0 saturated heterocycles. The Kier molecular flexibility index (Phi) is 14.7. The quantitative estimate of drug-likeness (QED) is 0.196. The molecule has 0 aliphatic rings. The van der Waals surface area contributed by atoms with Crippen LogP contribution in [0.25, 0.3) is 0 Å². The van der Waals surface area contributed by atoms with Crippen molar-refractivity contribution in [2.45, 2.75) is 93.3 Å². The van der Waals surface area contributed by atoms with Gasteiger partial charge in [0.05, 0.1) is 25.4 Å². The first kappa shape index (κ1) is 28.6. The Morgan fingerprint density at radius 2 is 1.03 bits per heavy atom. The Morgan fingerprint density at radius 1 is 0.700 bits per heavy atom. The van der Waals surface area contributed by atoms with E-state index < -0.39 is 20.5 Å². The fraction of sp³-hybridized carbons (Fsp3) is 0.727. The SMILES string of the molecule is CCOC(=O)C(CC)=C(C)C(CC)O[PH](=O)OC(CC)C(C)=C(CC)C(=O)OCC. The van der Waals surface area contributed by atoms with Crippen molar-refractivity contribution in [3.8, 4) is 0 Å². The van der Waals surface area contributed by atoms with Gasteiger partial charge < -0.3 is 18.5 Å². The maximum absolute atomic E-state index is 12.7. The minimum atomic E-state index is -2.88. The molecule has 0 radical (unpaired) electrons. The Bertz CT molecular complexity index is 598. The predicted octanol–water partition coefficient (Wildman–Crippen LogP) is 5.55. The van der Waals surface area contributed by atoms with Crippen LogP contribution in [0.4, 0.5) is 0 Å². The third-order valence-corrected chi connectivity index (χ3v) is 5.84. The van der Waals surface area contributed by atoms with Gasteiger partial charge in [-0.2, -0.15) is 0 Å². The molecule has 0 fully saturated rings. The zero-order chi connectivity index (χ0) is 23.3. The highest BCUT2D eigenvalue weighted by atomic mass is 31.1. The molecule has 0 heterocycles. The molecule has 174 valence electrons. The smallest absolute Gasteiger partial charge is 0.334 e. The molecular formula is C22H39O7P. The molecule has 0 N–H and O–H groups in total. The van der Waals surface area contributed by atoms with Crippen LogP contribution in [-0.2, 0) is 32.7 Å². The van der Waals surface area contributed by atoms with Gasteiger partial charge in [-0.3, -0.25) is 4.57 Å². The molecule has 0 aliphatic carbocycles. The van der Waals surface area contributed by atoms with Crippen LogP contribution < -0.4 is 0 Å². The molecule has 8 heteroatoms. The summed E-state index contributed by atoms with van der Waals surface area (Å²) in [5.74, 6) is -0.764. The number of hydrogen-bond acceptors (Lipinski definition) is 7. The van der Waals surface area contributed by atoms with Crippen molar-refractivity contribution in [3.05, 3.63) is 22.3 Å². The zero-order valence-electron chi connectivity index (χ0n) is 19.8. The van der Waals surface area contributed by atoms with Crippen molar-refractivity contribution in [1.82, 2.24) is 0 Å². The monoisotopic (exact) mass is 446 g/mol. The van der Waals surface area contributed by atoms with E-state index >= 15 is 0 Å². The topological polar surface area (TPSA) is 88.1 Å². The van der Waals surface area contributed by atoms with Crippen molar-refractivity contribution in [2.75, 3.05) is 13.2 Å². The summed E-state index contributed by atoms with van der Waals surface area (Å²) in [4.78, 5) is 24.3. The Morgan fingerprint density at radius 3 is 1.27 bits per heavy atom. The van der Waals surface area contributed by atoms with Gasteiger partial charge in [-0.05, 0) is 64.5 Å². The summed E-state index contributed by atoms with van der Waals surface area (Å²) in [6.45, 7) is 15.2. The molecule has 0 saturated carbocycles. The highest BCUT2D eigenvalue weighted by molar-refractivity contribution is 7.33. The van der Waals surface area contributed by atoms with Crippen LogP contribution in [0.15, 0.2) is 22.3 Å². The minimum absolute atomic E-state index is 0.289. The van der Waals surface area contributed by atoms with Gasteiger partial charge in [0.2, 0.25) is 0 Å². The van der Waals surface area contributed by atoms with E-state index in [0.29, 0.717) is 48.0 Å².